The molecule has 0 fully saturated rings. The van der Waals surface area contributed by atoms with Crippen LogP contribution < -0.4 is 14.8 Å². The van der Waals surface area contributed by atoms with E-state index in [1.807, 2.05) is 0 Å². The van der Waals surface area contributed by atoms with Gasteiger partial charge in [0.2, 0.25) is 5.88 Å². The predicted octanol–water partition coefficient (Wildman–Crippen LogP) is 2.19. The molecule has 0 spiro atoms. The number of nitrogens with zero attached hydrogens (tertiary/aromatic N) is 4. The Morgan fingerprint density at radius 3 is 2.89 bits per heavy atom. The number of fused-ring (bicyclic) bond motifs is 1. The molecule has 8 nitrogen and oxygen atoms in total. The third kappa shape index (κ3) is 4.07. The van der Waals surface area contributed by atoms with Crippen LogP contribution in [0.2, 0.25) is 0 Å². The molecular formula is C16H14F3N5O3. The summed E-state index contributed by atoms with van der Waals surface area (Å²) in [6.45, 7) is -1.03. The number of nitrogens with one attached hydrogen (secondary N) is 1. The number of aromatic nitrogens is 4. The van der Waals surface area contributed by atoms with E-state index < -0.39 is 24.2 Å². The molecule has 0 saturated heterocycles. The number of alkyl halides is 2. The first-order chi connectivity index (χ1) is 13.0. The van der Waals surface area contributed by atoms with Crippen molar-refractivity contribution in [1.82, 2.24) is 25.1 Å². The highest BCUT2D eigenvalue weighted by Gasteiger charge is 2.18. The van der Waals surface area contributed by atoms with Gasteiger partial charge in [-0.05, 0) is 25.1 Å². The van der Waals surface area contributed by atoms with Gasteiger partial charge in [-0.1, -0.05) is 0 Å². The minimum atomic E-state index is -3.21. The van der Waals surface area contributed by atoms with Crippen molar-refractivity contribution in [2.24, 2.45) is 0 Å². The predicted molar refractivity (Wildman–Crippen MR) is 86.2 cm³/mol. The van der Waals surface area contributed by atoms with Crippen molar-refractivity contribution in [2.75, 3.05) is 6.61 Å². The van der Waals surface area contributed by atoms with Crippen molar-refractivity contribution in [3.8, 4) is 11.8 Å². The molecule has 0 aliphatic heterocycles. The standard InChI is InChI=1S/C16H14F3N5O3/c1-2-26-14-10(12-4-3-5-22-24(12)23-14)8-20-13(25)9-6-11(17)15(21-7-9)27-16(18)19/h3-7,16H,2,8H2,1H3,(H,20,25). The number of hydrogen-bond acceptors (Lipinski definition) is 6. The number of halogens is 3. The molecule has 3 rings (SSSR count). The zero-order valence-electron chi connectivity index (χ0n) is 14.0. The van der Waals surface area contributed by atoms with E-state index in [0.29, 0.717) is 23.6 Å². The molecule has 3 heterocycles. The quantitative estimate of drug-likeness (QED) is 0.675. The molecule has 0 bridgehead atoms. The maximum Gasteiger partial charge on any atom is 0.388 e. The van der Waals surface area contributed by atoms with Crippen LogP contribution in [0.15, 0.2) is 30.6 Å². The largest absolute Gasteiger partial charge is 0.477 e. The van der Waals surface area contributed by atoms with Gasteiger partial charge in [-0.3, -0.25) is 4.79 Å². The highest BCUT2D eigenvalue weighted by Crippen LogP contribution is 2.22. The van der Waals surface area contributed by atoms with Crippen molar-refractivity contribution in [1.29, 1.82) is 0 Å². The van der Waals surface area contributed by atoms with Crippen LogP contribution in [0.1, 0.15) is 22.8 Å². The molecule has 3 aromatic heterocycles. The summed E-state index contributed by atoms with van der Waals surface area (Å²) in [7, 11) is 0. The lowest BCUT2D eigenvalue weighted by atomic mass is 10.2. The van der Waals surface area contributed by atoms with Crippen LogP contribution in [0.3, 0.4) is 0 Å². The first-order valence-electron chi connectivity index (χ1n) is 7.83. The Labute approximate surface area is 150 Å². The monoisotopic (exact) mass is 381 g/mol. The van der Waals surface area contributed by atoms with Gasteiger partial charge in [0.05, 0.1) is 29.8 Å². The molecule has 3 aromatic rings. The van der Waals surface area contributed by atoms with Gasteiger partial charge < -0.3 is 14.8 Å². The summed E-state index contributed by atoms with van der Waals surface area (Å²) in [6.07, 6.45) is 2.49. The van der Waals surface area contributed by atoms with Gasteiger partial charge in [0.1, 0.15) is 0 Å². The van der Waals surface area contributed by atoms with Crippen LogP contribution in [0.25, 0.3) is 5.52 Å². The summed E-state index contributed by atoms with van der Waals surface area (Å²) in [5.41, 5.74) is 1.07. The Bertz CT molecular complexity index is 964. The van der Waals surface area contributed by atoms with Gasteiger partial charge in [0.25, 0.3) is 11.8 Å². The van der Waals surface area contributed by atoms with E-state index >= 15 is 0 Å². The van der Waals surface area contributed by atoms with E-state index in [9.17, 15) is 18.0 Å². The van der Waals surface area contributed by atoms with Crippen LogP contribution in [0, 0.1) is 5.82 Å². The lowest BCUT2D eigenvalue weighted by molar-refractivity contribution is -0.0553. The molecular weight excluding hydrogens is 367 g/mol. The van der Waals surface area contributed by atoms with E-state index in [2.05, 4.69) is 25.2 Å². The molecule has 0 unspecified atom stereocenters. The molecule has 0 aromatic carbocycles. The van der Waals surface area contributed by atoms with E-state index in [1.165, 1.54) is 4.63 Å². The van der Waals surface area contributed by atoms with E-state index in [1.54, 1.807) is 25.3 Å². The number of carbonyl (C=O) groups excluding carboxylic acids is 1. The van der Waals surface area contributed by atoms with Crippen LogP contribution in [-0.4, -0.2) is 38.9 Å². The van der Waals surface area contributed by atoms with Crippen LogP contribution >= 0.6 is 0 Å². The van der Waals surface area contributed by atoms with E-state index in [0.717, 1.165) is 12.3 Å². The molecule has 0 saturated carbocycles. The third-order valence-electron chi connectivity index (χ3n) is 3.46. The molecule has 1 amide bonds. The SMILES string of the molecule is CCOc1nn2ncccc2c1CNC(=O)c1cnc(OC(F)F)c(F)c1. The fraction of sp³-hybridized carbons (Fsp3) is 0.250. The van der Waals surface area contributed by atoms with Gasteiger partial charge in [-0.15, -0.1) is 9.73 Å². The van der Waals surface area contributed by atoms with Gasteiger partial charge in [0.15, 0.2) is 5.82 Å². The lowest BCUT2D eigenvalue weighted by Gasteiger charge is -2.08. The van der Waals surface area contributed by atoms with Crippen molar-refractivity contribution in [3.63, 3.8) is 0 Å². The topological polar surface area (TPSA) is 90.6 Å². The molecule has 0 radical (unpaired) electrons. The zero-order chi connectivity index (χ0) is 19.4. The van der Waals surface area contributed by atoms with Gasteiger partial charge in [0, 0.05) is 12.4 Å². The Hall–Kier alpha value is -3.37. The smallest absolute Gasteiger partial charge is 0.388 e. The fourth-order valence-corrected chi connectivity index (χ4v) is 2.33. The molecule has 0 aliphatic rings. The lowest BCUT2D eigenvalue weighted by Crippen LogP contribution is -2.23. The zero-order valence-corrected chi connectivity index (χ0v) is 14.0. The number of pyridine rings is 1. The van der Waals surface area contributed by atoms with Gasteiger partial charge in [-0.2, -0.15) is 13.9 Å². The average Bonchev–Trinajstić information content (AvgIpc) is 2.98. The van der Waals surface area contributed by atoms with Crippen LogP contribution in [-0.2, 0) is 6.54 Å². The summed E-state index contributed by atoms with van der Waals surface area (Å²) < 4.78 is 48.7. The van der Waals surface area contributed by atoms with Crippen LogP contribution in [0.4, 0.5) is 13.2 Å². The first kappa shape index (κ1) is 18.4. The van der Waals surface area contributed by atoms with Crippen LogP contribution in [0.5, 0.6) is 11.8 Å². The molecule has 27 heavy (non-hydrogen) atoms. The van der Waals surface area contributed by atoms with Crippen molar-refractivity contribution >= 4 is 11.4 Å². The maximum atomic E-state index is 13.7. The number of amides is 1. The molecule has 1 N–H and O–H groups in total. The second-order valence-corrected chi connectivity index (χ2v) is 5.19. The molecule has 0 aliphatic carbocycles. The second-order valence-electron chi connectivity index (χ2n) is 5.19. The highest BCUT2D eigenvalue weighted by atomic mass is 19.3. The molecule has 0 atom stereocenters. The summed E-state index contributed by atoms with van der Waals surface area (Å²) in [4.78, 5) is 15.6. The van der Waals surface area contributed by atoms with E-state index in [-0.39, 0.29) is 12.1 Å². The van der Waals surface area contributed by atoms with Crippen molar-refractivity contribution in [3.05, 3.63) is 47.5 Å². The second kappa shape index (κ2) is 7.89. The minimum Gasteiger partial charge on any atom is -0.477 e. The number of rotatable bonds is 7. The molecule has 11 heteroatoms. The van der Waals surface area contributed by atoms with Gasteiger partial charge >= 0.3 is 6.61 Å². The fourth-order valence-electron chi connectivity index (χ4n) is 2.33. The summed E-state index contributed by atoms with van der Waals surface area (Å²) in [5.74, 6) is -2.40. The van der Waals surface area contributed by atoms with Gasteiger partial charge in [-0.25, -0.2) is 9.37 Å². The Kier molecular flexibility index (Phi) is 5.38. The number of ether oxygens (including phenoxy) is 2. The Morgan fingerprint density at radius 2 is 2.19 bits per heavy atom. The number of hydrogen-bond donors (Lipinski definition) is 1. The van der Waals surface area contributed by atoms with E-state index in [4.69, 9.17) is 4.74 Å². The van der Waals surface area contributed by atoms with Crippen molar-refractivity contribution in [2.45, 2.75) is 20.1 Å². The normalized spacial score (nSPS) is 11.0. The van der Waals surface area contributed by atoms with Crippen molar-refractivity contribution < 1.29 is 27.4 Å². The number of carbonyl (C=O) groups is 1. The summed E-state index contributed by atoms with van der Waals surface area (Å²) in [5, 5.41) is 10.8. The molecule has 142 valence electrons. The summed E-state index contributed by atoms with van der Waals surface area (Å²) in [6, 6.07) is 4.22. The Balaban J connectivity index is 1.77. The maximum absolute atomic E-state index is 13.7. The first-order valence-corrected chi connectivity index (χ1v) is 7.83. The average molecular weight is 381 g/mol. The minimum absolute atomic E-state index is 0.0280. The Morgan fingerprint density at radius 1 is 1.37 bits per heavy atom. The third-order valence-corrected chi connectivity index (χ3v) is 3.46. The highest BCUT2D eigenvalue weighted by molar-refractivity contribution is 5.94. The summed E-state index contributed by atoms with van der Waals surface area (Å²) >= 11 is 0.